The van der Waals surface area contributed by atoms with Crippen LogP contribution in [0.1, 0.15) is 5.56 Å². The number of carbonyl (C=O) groups excluding carboxylic acids is 1. The van der Waals surface area contributed by atoms with E-state index in [4.69, 9.17) is 4.74 Å². The number of amides is 1. The first kappa shape index (κ1) is 14.9. The highest BCUT2D eigenvalue weighted by Gasteiger charge is 2.26. The monoisotopic (exact) mass is 336 g/mol. The maximum Gasteiger partial charge on any atom is 0.231 e. The summed E-state index contributed by atoms with van der Waals surface area (Å²) >= 11 is 1.44. The Balaban J connectivity index is 1.51. The van der Waals surface area contributed by atoms with Gasteiger partial charge in [-0.1, -0.05) is 48.5 Å². The SMILES string of the molecule is O=C(Nc1scnc1-c1ccccc1)C1COc2ccccc2C1. The molecule has 0 saturated heterocycles. The molecule has 1 amide bonds. The fraction of sp³-hybridized carbons (Fsp3) is 0.158. The fourth-order valence-corrected chi connectivity index (χ4v) is 3.55. The van der Waals surface area contributed by atoms with E-state index in [2.05, 4.69) is 10.3 Å². The van der Waals surface area contributed by atoms with Crippen molar-refractivity contribution in [1.29, 1.82) is 0 Å². The van der Waals surface area contributed by atoms with Crippen molar-refractivity contribution in [2.75, 3.05) is 11.9 Å². The van der Waals surface area contributed by atoms with Gasteiger partial charge in [-0.05, 0) is 18.1 Å². The number of rotatable bonds is 3. The number of nitrogens with one attached hydrogen (secondary N) is 1. The van der Waals surface area contributed by atoms with Crippen LogP contribution in [0.4, 0.5) is 5.00 Å². The van der Waals surface area contributed by atoms with Gasteiger partial charge in [-0.2, -0.15) is 0 Å². The summed E-state index contributed by atoms with van der Waals surface area (Å²) < 4.78 is 5.72. The van der Waals surface area contributed by atoms with Crippen LogP contribution < -0.4 is 10.1 Å². The molecule has 1 aliphatic rings. The zero-order valence-corrected chi connectivity index (χ0v) is 13.8. The summed E-state index contributed by atoms with van der Waals surface area (Å²) in [6.45, 7) is 0.405. The van der Waals surface area contributed by atoms with Gasteiger partial charge >= 0.3 is 0 Å². The number of fused-ring (bicyclic) bond motifs is 1. The van der Waals surface area contributed by atoms with Gasteiger partial charge in [-0.15, -0.1) is 11.3 Å². The van der Waals surface area contributed by atoms with Crippen LogP contribution in [0.2, 0.25) is 0 Å². The van der Waals surface area contributed by atoms with Gasteiger partial charge in [0, 0.05) is 5.56 Å². The molecule has 24 heavy (non-hydrogen) atoms. The number of ether oxygens (including phenoxy) is 1. The Hall–Kier alpha value is -2.66. The van der Waals surface area contributed by atoms with E-state index in [-0.39, 0.29) is 11.8 Å². The standard InChI is InChI=1S/C19H16N2O2S/c22-18(15-10-14-8-4-5-9-16(14)23-11-15)21-19-17(20-12-24-19)13-6-2-1-3-7-13/h1-9,12,15H,10-11H2,(H,21,22). The second-order valence-corrected chi connectivity index (χ2v) is 6.56. The molecule has 1 N–H and O–H groups in total. The predicted molar refractivity (Wildman–Crippen MR) is 95.3 cm³/mol. The molecule has 1 atom stereocenters. The highest BCUT2D eigenvalue weighted by atomic mass is 32.1. The van der Waals surface area contributed by atoms with Gasteiger partial charge in [0.25, 0.3) is 0 Å². The molecule has 120 valence electrons. The van der Waals surface area contributed by atoms with E-state index in [1.165, 1.54) is 11.3 Å². The summed E-state index contributed by atoms with van der Waals surface area (Å²) in [6, 6.07) is 17.7. The molecule has 0 bridgehead atoms. The maximum atomic E-state index is 12.6. The van der Waals surface area contributed by atoms with Crippen LogP contribution in [0.3, 0.4) is 0 Å². The zero-order chi connectivity index (χ0) is 16.4. The van der Waals surface area contributed by atoms with E-state index in [0.29, 0.717) is 13.0 Å². The van der Waals surface area contributed by atoms with E-state index >= 15 is 0 Å². The Morgan fingerprint density at radius 1 is 1.12 bits per heavy atom. The molecule has 4 nitrogen and oxygen atoms in total. The number of para-hydroxylation sites is 1. The van der Waals surface area contributed by atoms with E-state index in [1.807, 2.05) is 54.6 Å². The second kappa shape index (κ2) is 6.45. The Morgan fingerprint density at radius 3 is 2.79 bits per heavy atom. The molecular formula is C19H16N2O2S. The van der Waals surface area contributed by atoms with Crippen molar-refractivity contribution in [3.63, 3.8) is 0 Å². The van der Waals surface area contributed by atoms with Gasteiger partial charge in [0.15, 0.2) is 0 Å². The molecule has 2 aromatic carbocycles. The van der Waals surface area contributed by atoms with E-state index in [9.17, 15) is 4.79 Å². The number of thiazole rings is 1. The number of hydrogen-bond acceptors (Lipinski definition) is 4. The second-order valence-electron chi connectivity index (χ2n) is 5.71. The highest BCUT2D eigenvalue weighted by molar-refractivity contribution is 7.14. The quantitative estimate of drug-likeness (QED) is 0.786. The molecule has 0 radical (unpaired) electrons. The number of aromatic nitrogens is 1. The first-order valence-corrected chi connectivity index (χ1v) is 8.69. The minimum absolute atomic E-state index is 0.0223. The molecule has 1 aliphatic heterocycles. The normalized spacial score (nSPS) is 16.1. The lowest BCUT2D eigenvalue weighted by Gasteiger charge is -2.24. The first-order chi connectivity index (χ1) is 11.8. The Kier molecular flexibility index (Phi) is 4.01. The molecule has 1 aromatic heterocycles. The van der Waals surface area contributed by atoms with E-state index in [0.717, 1.165) is 27.6 Å². The van der Waals surface area contributed by atoms with Crippen LogP contribution in [0, 0.1) is 5.92 Å². The summed E-state index contributed by atoms with van der Waals surface area (Å²) in [4.78, 5) is 17.0. The predicted octanol–water partition coefficient (Wildman–Crippen LogP) is 4.00. The van der Waals surface area contributed by atoms with Crippen LogP contribution in [0.25, 0.3) is 11.3 Å². The molecule has 0 aliphatic carbocycles. The zero-order valence-electron chi connectivity index (χ0n) is 12.9. The molecule has 3 aromatic rings. The van der Waals surface area contributed by atoms with Crippen LogP contribution in [-0.4, -0.2) is 17.5 Å². The van der Waals surface area contributed by atoms with E-state index in [1.54, 1.807) is 5.51 Å². The first-order valence-electron chi connectivity index (χ1n) is 7.82. The summed E-state index contributed by atoms with van der Waals surface area (Å²) in [5.74, 6) is 0.667. The van der Waals surface area contributed by atoms with Gasteiger partial charge in [-0.25, -0.2) is 4.98 Å². The molecule has 5 heteroatoms. The third-order valence-electron chi connectivity index (χ3n) is 4.10. The molecule has 0 spiro atoms. The smallest absolute Gasteiger partial charge is 0.231 e. The minimum Gasteiger partial charge on any atom is -0.492 e. The van der Waals surface area contributed by atoms with Crippen LogP contribution in [0.5, 0.6) is 5.75 Å². The van der Waals surface area contributed by atoms with Crippen LogP contribution >= 0.6 is 11.3 Å². The van der Waals surface area contributed by atoms with E-state index < -0.39 is 0 Å². The van der Waals surface area contributed by atoms with Gasteiger partial charge in [-0.3, -0.25) is 4.79 Å². The average molecular weight is 336 g/mol. The molecule has 0 fully saturated rings. The molecule has 1 unspecified atom stereocenters. The average Bonchev–Trinajstić information content (AvgIpc) is 3.10. The van der Waals surface area contributed by atoms with Crippen molar-refractivity contribution < 1.29 is 9.53 Å². The highest BCUT2D eigenvalue weighted by Crippen LogP contribution is 2.32. The largest absolute Gasteiger partial charge is 0.492 e. The molecule has 4 rings (SSSR count). The molecule has 2 heterocycles. The Morgan fingerprint density at radius 2 is 1.92 bits per heavy atom. The number of anilines is 1. The lowest BCUT2D eigenvalue weighted by molar-refractivity contribution is -0.121. The summed E-state index contributed by atoms with van der Waals surface area (Å²) in [6.07, 6.45) is 0.696. The third kappa shape index (κ3) is 2.90. The number of nitrogens with zero attached hydrogens (tertiary/aromatic N) is 1. The summed E-state index contributed by atoms with van der Waals surface area (Å²) in [7, 11) is 0. The number of benzene rings is 2. The van der Waals surface area contributed by atoms with Crippen molar-refractivity contribution in [2.24, 2.45) is 5.92 Å². The third-order valence-corrected chi connectivity index (χ3v) is 4.84. The lowest BCUT2D eigenvalue weighted by Crippen LogP contribution is -2.32. The van der Waals surface area contributed by atoms with Crippen molar-refractivity contribution in [2.45, 2.75) is 6.42 Å². The molecular weight excluding hydrogens is 320 g/mol. The van der Waals surface area contributed by atoms with Crippen molar-refractivity contribution in [3.8, 4) is 17.0 Å². The van der Waals surface area contributed by atoms with Crippen molar-refractivity contribution in [1.82, 2.24) is 4.98 Å². The van der Waals surface area contributed by atoms with Crippen LogP contribution in [-0.2, 0) is 11.2 Å². The Labute approximate surface area is 144 Å². The van der Waals surface area contributed by atoms with Gasteiger partial charge in [0.2, 0.25) is 5.91 Å². The number of hydrogen-bond donors (Lipinski definition) is 1. The van der Waals surface area contributed by atoms with Gasteiger partial charge in [0.05, 0.1) is 11.4 Å². The van der Waals surface area contributed by atoms with Crippen LogP contribution in [0.15, 0.2) is 60.1 Å². The van der Waals surface area contributed by atoms with Gasteiger partial charge < -0.3 is 10.1 Å². The minimum atomic E-state index is -0.189. The Bertz CT molecular complexity index is 861. The van der Waals surface area contributed by atoms with Gasteiger partial charge in [0.1, 0.15) is 23.1 Å². The van der Waals surface area contributed by atoms with Crippen molar-refractivity contribution in [3.05, 3.63) is 65.7 Å². The fourth-order valence-electron chi connectivity index (χ4n) is 2.85. The summed E-state index contributed by atoms with van der Waals surface area (Å²) in [5, 5.41) is 3.81. The summed E-state index contributed by atoms with van der Waals surface area (Å²) in [5.41, 5.74) is 4.65. The number of carbonyl (C=O) groups is 1. The topological polar surface area (TPSA) is 51.2 Å². The van der Waals surface area contributed by atoms with Crippen molar-refractivity contribution >= 4 is 22.2 Å². The maximum absolute atomic E-state index is 12.6. The lowest BCUT2D eigenvalue weighted by atomic mass is 9.96. The molecule has 0 saturated carbocycles.